The smallest absolute Gasteiger partial charge is 0.253 e. The lowest BCUT2D eigenvalue weighted by molar-refractivity contribution is 0.0602. The Hall–Kier alpha value is -1.50. The minimum atomic E-state index is -0.362. The van der Waals surface area contributed by atoms with E-state index in [9.17, 15) is 9.18 Å². The fourth-order valence-corrected chi connectivity index (χ4v) is 2.48. The first-order valence-electron chi connectivity index (χ1n) is 7.46. The van der Waals surface area contributed by atoms with Crippen molar-refractivity contribution in [2.24, 2.45) is 0 Å². The molecule has 1 aliphatic rings. The molecule has 6 heteroatoms. The Morgan fingerprint density at radius 3 is 2.95 bits per heavy atom. The Kier molecular flexibility index (Phi) is 6.30. The molecule has 122 valence electrons. The molecule has 1 atom stereocenters. The van der Waals surface area contributed by atoms with E-state index in [0.717, 1.165) is 19.5 Å². The van der Waals surface area contributed by atoms with E-state index in [1.165, 1.54) is 12.1 Å². The number of amides is 1. The van der Waals surface area contributed by atoms with Crippen molar-refractivity contribution in [3.8, 4) is 0 Å². The van der Waals surface area contributed by atoms with E-state index in [1.54, 1.807) is 25.1 Å². The van der Waals surface area contributed by atoms with E-state index in [1.807, 2.05) is 0 Å². The van der Waals surface area contributed by atoms with Gasteiger partial charge in [-0.1, -0.05) is 0 Å². The number of rotatable bonds is 7. The van der Waals surface area contributed by atoms with E-state index in [0.29, 0.717) is 24.3 Å². The average molecular weight is 310 g/mol. The summed E-state index contributed by atoms with van der Waals surface area (Å²) in [5.74, 6) is -0.453. The molecule has 0 radical (unpaired) electrons. The number of nitrogens with zero attached hydrogens (tertiary/aromatic N) is 1. The molecule has 0 aliphatic carbocycles. The molecule has 1 fully saturated rings. The summed E-state index contributed by atoms with van der Waals surface area (Å²) in [6.07, 6.45) is 0.941. The molecule has 1 heterocycles. The molecular weight excluding hydrogens is 287 g/mol. The standard InChI is InChI=1S/C16H23FN2O3/c1-19(14-5-6-18-10-14)16(20)12-3-4-15(17)13(9-12)11-22-8-7-21-2/h3-4,9,14,18H,5-8,10-11H2,1-2H3. The summed E-state index contributed by atoms with van der Waals surface area (Å²) in [5, 5.41) is 3.23. The van der Waals surface area contributed by atoms with Crippen LogP contribution in [0.3, 0.4) is 0 Å². The van der Waals surface area contributed by atoms with Gasteiger partial charge in [-0.3, -0.25) is 4.79 Å². The second-order valence-corrected chi connectivity index (χ2v) is 5.41. The third-order valence-corrected chi connectivity index (χ3v) is 3.88. The third-order valence-electron chi connectivity index (χ3n) is 3.88. The summed E-state index contributed by atoms with van der Waals surface area (Å²) in [6.45, 7) is 2.70. The first-order valence-corrected chi connectivity index (χ1v) is 7.46. The number of ether oxygens (including phenoxy) is 2. The van der Waals surface area contributed by atoms with E-state index in [-0.39, 0.29) is 24.4 Å². The first kappa shape index (κ1) is 16.9. The van der Waals surface area contributed by atoms with Crippen LogP contribution in [0, 0.1) is 5.82 Å². The van der Waals surface area contributed by atoms with Crippen LogP contribution in [0.4, 0.5) is 4.39 Å². The molecule has 0 bridgehead atoms. The van der Waals surface area contributed by atoms with Gasteiger partial charge in [0.05, 0.1) is 19.8 Å². The molecule has 1 amide bonds. The summed E-state index contributed by atoms with van der Waals surface area (Å²) in [7, 11) is 3.37. The van der Waals surface area contributed by atoms with Gasteiger partial charge in [-0.05, 0) is 31.2 Å². The maximum atomic E-state index is 13.8. The maximum absolute atomic E-state index is 13.8. The van der Waals surface area contributed by atoms with Gasteiger partial charge in [0.1, 0.15) is 5.82 Å². The van der Waals surface area contributed by atoms with Gasteiger partial charge >= 0.3 is 0 Å². The maximum Gasteiger partial charge on any atom is 0.253 e. The van der Waals surface area contributed by atoms with Crippen LogP contribution in [-0.2, 0) is 16.1 Å². The van der Waals surface area contributed by atoms with Gasteiger partial charge in [0, 0.05) is 37.9 Å². The number of likely N-dealkylation sites (N-methyl/N-ethyl adjacent to an activating group) is 1. The predicted octanol–water partition coefficient (Wildman–Crippen LogP) is 1.42. The summed E-state index contributed by atoms with van der Waals surface area (Å²) < 4.78 is 24.0. The Labute approximate surface area is 130 Å². The highest BCUT2D eigenvalue weighted by Gasteiger charge is 2.24. The number of nitrogens with one attached hydrogen (secondary N) is 1. The van der Waals surface area contributed by atoms with Gasteiger partial charge in [-0.25, -0.2) is 4.39 Å². The lowest BCUT2D eigenvalue weighted by Crippen LogP contribution is -2.38. The van der Waals surface area contributed by atoms with Crippen LogP contribution in [0.2, 0.25) is 0 Å². The second kappa shape index (κ2) is 8.22. The van der Waals surface area contributed by atoms with E-state index < -0.39 is 0 Å². The van der Waals surface area contributed by atoms with Crippen LogP contribution < -0.4 is 5.32 Å². The zero-order valence-electron chi connectivity index (χ0n) is 13.1. The summed E-state index contributed by atoms with van der Waals surface area (Å²) >= 11 is 0. The van der Waals surface area contributed by atoms with Crippen molar-refractivity contribution in [1.82, 2.24) is 10.2 Å². The lowest BCUT2D eigenvalue weighted by Gasteiger charge is -2.24. The van der Waals surface area contributed by atoms with Crippen molar-refractivity contribution < 1.29 is 18.7 Å². The number of hydrogen-bond acceptors (Lipinski definition) is 4. The Bertz CT molecular complexity index is 504. The fraction of sp³-hybridized carbons (Fsp3) is 0.562. The van der Waals surface area contributed by atoms with Crippen molar-refractivity contribution in [3.63, 3.8) is 0 Å². The summed E-state index contributed by atoms with van der Waals surface area (Å²) in [6, 6.07) is 4.61. The number of methoxy groups -OCH3 is 1. The minimum absolute atomic E-state index is 0.0909. The van der Waals surface area contributed by atoms with Crippen molar-refractivity contribution in [2.75, 3.05) is 40.5 Å². The highest BCUT2D eigenvalue weighted by atomic mass is 19.1. The molecule has 5 nitrogen and oxygen atoms in total. The van der Waals surface area contributed by atoms with Crippen LogP contribution in [0.25, 0.3) is 0 Å². The zero-order chi connectivity index (χ0) is 15.9. The molecule has 1 aromatic carbocycles. The Balaban J connectivity index is 2.02. The molecule has 0 saturated carbocycles. The topological polar surface area (TPSA) is 50.8 Å². The van der Waals surface area contributed by atoms with Crippen molar-refractivity contribution in [1.29, 1.82) is 0 Å². The van der Waals surface area contributed by atoms with Gasteiger partial charge in [0.15, 0.2) is 0 Å². The van der Waals surface area contributed by atoms with Gasteiger partial charge < -0.3 is 19.7 Å². The summed E-state index contributed by atoms with van der Waals surface area (Å²) in [5.41, 5.74) is 0.876. The number of benzene rings is 1. The van der Waals surface area contributed by atoms with Crippen LogP contribution in [-0.4, -0.2) is 57.3 Å². The number of halogens is 1. The predicted molar refractivity (Wildman–Crippen MR) is 81.3 cm³/mol. The largest absolute Gasteiger partial charge is 0.382 e. The number of carbonyl (C=O) groups is 1. The molecule has 0 spiro atoms. The molecule has 1 unspecified atom stereocenters. The van der Waals surface area contributed by atoms with Gasteiger partial charge in [-0.2, -0.15) is 0 Å². The van der Waals surface area contributed by atoms with Gasteiger partial charge in [-0.15, -0.1) is 0 Å². The van der Waals surface area contributed by atoms with Crippen LogP contribution in [0.15, 0.2) is 18.2 Å². The van der Waals surface area contributed by atoms with Gasteiger partial charge in [0.25, 0.3) is 5.91 Å². The molecule has 1 aromatic rings. The van der Waals surface area contributed by atoms with E-state index >= 15 is 0 Å². The minimum Gasteiger partial charge on any atom is -0.382 e. The zero-order valence-corrected chi connectivity index (χ0v) is 13.1. The Morgan fingerprint density at radius 1 is 1.45 bits per heavy atom. The highest BCUT2D eigenvalue weighted by Crippen LogP contribution is 2.16. The molecular formula is C16H23FN2O3. The van der Waals surface area contributed by atoms with E-state index in [2.05, 4.69) is 5.32 Å². The van der Waals surface area contributed by atoms with Crippen LogP contribution in [0.1, 0.15) is 22.3 Å². The monoisotopic (exact) mass is 310 g/mol. The Morgan fingerprint density at radius 2 is 2.27 bits per heavy atom. The van der Waals surface area contributed by atoms with Crippen molar-refractivity contribution in [2.45, 2.75) is 19.1 Å². The molecule has 2 rings (SSSR count). The van der Waals surface area contributed by atoms with Crippen LogP contribution in [0.5, 0.6) is 0 Å². The van der Waals surface area contributed by atoms with Gasteiger partial charge in [0.2, 0.25) is 0 Å². The van der Waals surface area contributed by atoms with Crippen molar-refractivity contribution >= 4 is 5.91 Å². The fourth-order valence-electron chi connectivity index (χ4n) is 2.48. The average Bonchev–Trinajstić information content (AvgIpc) is 3.06. The lowest BCUT2D eigenvalue weighted by atomic mass is 10.1. The second-order valence-electron chi connectivity index (χ2n) is 5.41. The van der Waals surface area contributed by atoms with E-state index in [4.69, 9.17) is 9.47 Å². The SMILES string of the molecule is COCCOCc1cc(C(=O)N(C)C2CCNC2)ccc1F. The van der Waals surface area contributed by atoms with Crippen LogP contribution >= 0.6 is 0 Å². The van der Waals surface area contributed by atoms with Crippen molar-refractivity contribution in [3.05, 3.63) is 35.1 Å². The molecule has 22 heavy (non-hydrogen) atoms. The number of carbonyl (C=O) groups excluding carboxylic acids is 1. The molecule has 0 aromatic heterocycles. The molecule has 1 saturated heterocycles. The highest BCUT2D eigenvalue weighted by molar-refractivity contribution is 5.94. The number of hydrogen-bond donors (Lipinski definition) is 1. The first-order chi connectivity index (χ1) is 10.6. The summed E-state index contributed by atoms with van der Waals surface area (Å²) in [4.78, 5) is 14.2. The quantitative estimate of drug-likeness (QED) is 0.774. The molecule has 1 aliphatic heterocycles. The normalized spacial score (nSPS) is 17.7. The third kappa shape index (κ3) is 4.25. The molecule has 1 N–H and O–H groups in total.